The van der Waals surface area contributed by atoms with Gasteiger partial charge in [-0.3, -0.25) is 4.79 Å². The number of sulfonamides is 1. The van der Waals surface area contributed by atoms with Gasteiger partial charge in [-0.1, -0.05) is 41.9 Å². The molecule has 1 atom stereocenters. The molecule has 1 aliphatic rings. The Hall–Kier alpha value is -3.38. The zero-order valence-electron chi connectivity index (χ0n) is 19.3. The number of H-pyrrole nitrogens is 1. The number of nitrogens with one attached hydrogen (secondary N) is 1. The van der Waals surface area contributed by atoms with Crippen LogP contribution in [0.5, 0.6) is 5.88 Å². The number of halogens is 1. The fourth-order valence-electron chi connectivity index (χ4n) is 4.23. The second kappa shape index (κ2) is 9.58. The van der Waals surface area contributed by atoms with Gasteiger partial charge in [-0.2, -0.15) is 9.40 Å². The minimum atomic E-state index is -4.10. The molecule has 1 amide bonds. The Bertz CT molecular complexity index is 1530. The summed E-state index contributed by atoms with van der Waals surface area (Å²) in [5, 5.41) is 5.13. The molecule has 36 heavy (non-hydrogen) atoms. The number of nitrogens with zero attached hydrogens (tertiary/aromatic N) is 3. The molecule has 1 aliphatic heterocycles. The number of carbonyl (C=O) groups excluding carboxylic acids is 1. The number of amides is 1. The molecule has 0 radical (unpaired) electrons. The molecule has 188 valence electrons. The first-order valence-corrected chi connectivity index (χ1v) is 13.0. The van der Waals surface area contributed by atoms with Gasteiger partial charge in [0.25, 0.3) is 5.91 Å². The second-order valence-corrected chi connectivity index (χ2v) is 10.7. The summed E-state index contributed by atoms with van der Waals surface area (Å²) in [4.78, 5) is 14.7. The van der Waals surface area contributed by atoms with Crippen molar-refractivity contribution in [2.75, 3.05) is 26.3 Å². The van der Waals surface area contributed by atoms with Gasteiger partial charge < -0.3 is 20.2 Å². The zero-order valence-corrected chi connectivity index (χ0v) is 20.9. The van der Waals surface area contributed by atoms with E-state index in [1.165, 1.54) is 10.4 Å². The number of fused-ring (bicyclic) bond motifs is 1. The summed E-state index contributed by atoms with van der Waals surface area (Å²) < 4.78 is 42.0. The normalized spacial score (nSPS) is 16.9. The summed E-state index contributed by atoms with van der Waals surface area (Å²) in [6, 6.07) is 16.2. The Labute approximate surface area is 212 Å². The largest absolute Gasteiger partial charge is 0.475 e. The number of rotatable bonds is 7. The Balaban J connectivity index is 1.35. The summed E-state index contributed by atoms with van der Waals surface area (Å²) >= 11 is 6.11. The van der Waals surface area contributed by atoms with Crippen molar-refractivity contribution >= 4 is 38.4 Å². The third-order valence-electron chi connectivity index (χ3n) is 5.98. The van der Waals surface area contributed by atoms with Crippen molar-refractivity contribution in [1.82, 2.24) is 19.1 Å². The Kier molecular flexibility index (Phi) is 6.47. The lowest BCUT2D eigenvalue weighted by Crippen LogP contribution is -2.47. The van der Waals surface area contributed by atoms with Gasteiger partial charge in [-0.25, -0.2) is 13.1 Å². The van der Waals surface area contributed by atoms with Crippen LogP contribution in [-0.2, 0) is 21.8 Å². The highest BCUT2D eigenvalue weighted by Crippen LogP contribution is 2.32. The molecule has 1 fully saturated rings. The summed E-state index contributed by atoms with van der Waals surface area (Å²) in [6.07, 6.45) is -0.533. The molecule has 0 aliphatic carbocycles. The molecule has 0 unspecified atom stereocenters. The summed E-state index contributed by atoms with van der Waals surface area (Å²) in [5.41, 5.74) is 7.48. The molecule has 3 N–H and O–H groups in total. The number of aromatic nitrogens is 3. The van der Waals surface area contributed by atoms with Crippen LogP contribution in [0.15, 0.2) is 59.5 Å². The summed E-state index contributed by atoms with van der Waals surface area (Å²) in [6.45, 7) is 0.441. The molecule has 10 nitrogen and oxygen atoms in total. The predicted molar refractivity (Wildman–Crippen MR) is 134 cm³/mol. The van der Waals surface area contributed by atoms with Gasteiger partial charge in [-0.15, -0.1) is 0 Å². The van der Waals surface area contributed by atoms with E-state index in [-0.39, 0.29) is 36.9 Å². The van der Waals surface area contributed by atoms with Gasteiger partial charge in [0.2, 0.25) is 15.9 Å². The number of primary amides is 1. The first-order chi connectivity index (χ1) is 17.2. The molecule has 3 heterocycles. The summed E-state index contributed by atoms with van der Waals surface area (Å²) in [5.74, 6) is -0.348. The number of ether oxygens (including phenoxy) is 2. The van der Waals surface area contributed by atoms with Gasteiger partial charge in [-0.05, 0) is 18.2 Å². The van der Waals surface area contributed by atoms with Crippen LogP contribution in [0, 0.1) is 0 Å². The van der Waals surface area contributed by atoms with Crippen molar-refractivity contribution in [2.24, 2.45) is 12.8 Å². The maximum absolute atomic E-state index is 13.7. The van der Waals surface area contributed by atoms with E-state index in [2.05, 4.69) is 10.1 Å². The molecular formula is C24H24ClN5O5S. The molecule has 0 saturated carbocycles. The molecule has 0 bridgehead atoms. The van der Waals surface area contributed by atoms with Gasteiger partial charge in [0.05, 0.1) is 12.3 Å². The number of nitrogens with two attached hydrogens (primary N) is 1. The van der Waals surface area contributed by atoms with Crippen molar-refractivity contribution in [3.8, 4) is 17.1 Å². The first-order valence-electron chi connectivity index (χ1n) is 11.2. The maximum Gasteiger partial charge on any atom is 0.266 e. The minimum Gasteiger partial charge on any atom is -0.475 e. The number of morpholine rings is 1. The Morgan fingerprint density at radius 3 is 2.78 bits per heavy atom. The fourth-order valence-corrected chi connectivity index (χ4v) is 6.20. The van der Waals surface area contributed by atoms with Crippen LogP contribution in [0.2, 0.25) is 5.02 Å². The van der Waals surface area contributed by atoms with E-state index in [1.807, 2.05) is 36.4 Å². The molecule has 2 aromatic carbocycles. The van der Waals surface area contributed by atoms with E-state index < -0.39 is 22.0 Å². The van der Waals surface area contributed by atoms with Gasteiger partial charge >= 0.3 is 0 Å². The minimum absolute atomic E-state index is 0.0389. The number of aryl methyl sites for hydroxylation is 1. The topological polar surface area (TPSA) is 133 Å². The number of hydrogen-bond acceptors (Lipinski definition) is 6. The molecule has 1 saturated heterocycles. The van der Waals surface area contributed by atoms with E-state index in [0.29, 0.717) is 21.8 Å². The second-order valence-electron chi connectivity index (χ2n) is 8.41. The van der Waals surface area contributed by atoms with Crippen molar-refractivity contribution in [3.63, 3.8) is 0 Å². The highest BCUT2D eigenvalue weighted by Gasteiger charge is 2.36. The number of aromatic amines is 1. The van der Waals surface area contributed by atoms with Crippen molar-refractivity contribution < 1.29 is 22.7 Å². The highest BCUT2D eigenvalue weighted by atomic mass is 35.5. The van der Waals surface area contributed by atoms with Crippen LogP contribution >= 0.6 is 11.6 Å². The van der Waals surface area contributed by atoms with Gasteiger partial charge in [0.15, 0.2) is 0 Å². The van der Waals surface area contributed by atoms with Crippen LogP contribution in [0.4, 0.5) is 0 Å². The smallest absolute Gasteiger partial charge is 0.266 e. The van der Waals surface area contributed by atoms with Crippen LogP contribution in [0.25, 0.3) is 22.2 Å². The first kappa shape index (κ1) is 24.3. The molecular weight excluding hydrogens is 506 g/mol. The monoisotopic (exact) mass is 529 g/mol. The SMILES string of the molecule is Cn1nc(-c2ccccc2)cc1OC[C@@H]1CN(S(=O)(=O)c2c(C(N)=O)[nH]c3ccc(Cl)cc23)CCO1. The van der Waals surface area contributed by atoms with Crippen molar-refractivity contribution in [2.45, 2.75) is 11.0 Å². The Morgan fingerprint density at radius 1 is 1.25 bits per heavy atom. The van der Waals surface area contributed by atoms with E-state index in [0.717, 1.165) is 11.3 Å². The lowest BCUT2D eigenvalue weighted by atomic mass is 10.2. The Morgan fingerprint density at radius 2 is 2.03 bits per heavy atom. The van der Waals surface area contributed by atoms with Crippen molar-refractivity contribution in [3.05, 3.63) is 65.3 Å². The third kappa shape index (κ3) is 4.58. The maximum atomic E-state index is 13.7. The number of carbonyl (C=O) groups is 1. The number of benzene rings is 2. The molecule has 5 rings (SSSR count). The quantitative estimate of drug-likeness (QED) is 0.378. The zero-order chi connectivity index (χ0) is 25.4. The van der Waals surface area contributed by atoms with Crippen LogP contribution in [0.3, 0.4) is 0 Å². The lowest BCUT2D eigenvalue weighted by Gasteiger charge is -2.32. The van der Waals surface area contributed by atoms with E-state index in [1.54, 1.807) is 23.9 Å². The van der Waals surface area contributed by atoms with E-state index >= 15 is 0 Å². The van der Waals surface area contributed by atoms with Gasteiger partial charge in [0, 0.05) is 47.7 Å². The van der Waals surface area contributed by atoms with E-state index in [4.69, 9.17) is 26.8 Å². The van der Waals surface area contributed by atoms with Gasteiger partial charge in [0.1, 0.15) is 23.3 Å². The van der Waals surface area contributed by atoms with Crippen LogP contribution < -0.4 is 10.5 Å². The number of hydrogen-bond donors (Lipinski definition) is 2. The average molecular weight is 530 g/mol. The fraction of sp³-hybridized carbons (Fsp3) is 0.250. The van der Waals surface area contributed by atoms with Crippen molar-refractivity contribution in [1.29, 1.82) is 0 Å². The summed E-state index contributed by atoms with van der Waals surface area (Å²) in [7, 11) is -2.33. The molecule has 2 aromatic heterocycles. The third-order valence-corrected chi connectivity index (χ3v) is 8.17. The van der Waals surface area contributed by atoms with E-state index in [9.17, 15) is 13.2 Å². The lowest BCUT2D eigenvalue weighted by molar-refractivity contribution is -0.0263. The molecule has 0 spiro atoms. The van der Waals surface area contributed by atoms with Crippen LogP contribution in [0.1, 0.15) is 10.5 Å². The van der Waals surface area contributed by atoms with Crippen LogP contribution in [-0.4, -0.2) is 65.8 Å². The molecule has 4 aromatic rings. The highest BCUT2D eigenvalue weighted by molar-refractivity contribution is 7.89. The molecule has 12 heteroatoms. The predicted octanol–water partition coefficient (Wildman–Crippen LogP) is 2.79. The average Bonchev–Trinajstić information content (AvgIpc) is 3.44. The standard InChI is InChI=1S/C24H24ClN5O5S/c1-29-21(12-20(28-29)15-5-3-2-4-6-15)35-14-17-13-30(9-10-34-17)36(32,33)23-18-11-16(25)7-8-19(18)27-22(23)24(26)31/h2-8,11-12,17,27H,9-10,13-14H2,1H3,(H2,26,31)/t17-/m0/s1.